The molecule has 19 heavy (non-hydrogen) atoms. The molecule has 1 aliphatic rings. The number of hydrogen-bond donors (Lipinski definition) is 2. The maximum Gasteiger partial charge on any atom is 0.191 e. The lowest BCUT2D eigenvalue weighted by molar-refractivity contribution is 0.395. The van der Waals surface area contributed by atoms with E-state index >= 15 is 0 Å². The van der Waals surface area contributed by atoms with Crippen molar-refractivity contribution in [2.75, 3.05) is 50.3 Å². The van der Waals surface area contributed by atoms with Gasteiger partial charge in [0.05, 0.1) is 0 Å². The van der Waals surface area contributed by atoms with Crippen molar-refractivity contribution in [3.8, 4) is 0 Å². The van der Waals surface area contributed by atoms with Crippen LogP contribution in [0, 0.1) is 5.92 Å². The first kappa shape index (κ1) is 14.4. The van der Waals surface area contributed by atoms with Gasteiger partial charge in [0.2, 0.25) is 0 Å². The number of anilines is 2. The highest BCUT2D eigenvalue weighted by molar-refractivity contribution is 7.98. The number of rotatable bonds is 5. The topological polar surface area (TPSA) is 70.3 Å². The molecule has 1 fully saturated rings. The largest absolute Gasteiger partial charge is 0.359 e. The Kier molecular flexibility index (Phi) is 4.84. The maximum atomic E-state index is 5.45. The quantitative estimate of drug-likeness (QED) is 0.359. The van der Waals surface area contributed by atoms with Gasteiger partial charge in [0.15, 0.2) is 5.16 Å². The molecule has 0 aromatic carbocycles. The zero-order valence-electron chi connectivity index (χ0n) is 11.8. The van der Waals surface area contributed by atoms with Crippen molar-refractivity contribution < 1.29 is 0 Å². The van der Waals surface area contributed by atoms with Crippen LogP contribution in [0.25, 0.3) is 0 Å². The van der Waals surface area contributed by atoms with E-state index in [0.717, 1.165) is 24.1 Å². The highest BCUT2D eigenvalue weighted by Gasteiger charge is 2.21. The van der Waals surface area contributed by atoms with Crippen LogP contribution in [0.1, 0.15) is 6.42 Å². The molecule has 2 rings (SSSR count). The SMILES string of the molecule is CSc1nc(NN)cc(N(C)CC2CCN(C)C2)n1. The summed E-state index contributed by atoms with van der Waals surface area (Å²) in [5, 5.41) is 0.737. The molecule has 0 bridgehead atoms. The zero-order valence-corrected chi connectivity index (χ0v) is 12.6. The summed E-state index contributed by atoms with van der Waals surface area (Å²) in [6.45, 7) is 3.36. The Morgan fingerprint density at radius 2 is 2.37 bits per heavy atom. The lowest BCUT2D eigenvalue weighted by atomic mass is 10.1. The molecule has 0 spiro atoms. The van der Waals surface area contributed by atoms with E-state index in [4.69, 9.17) is 5.84 Å². The molecule has 2 heterocycles. The first-order chi connectivity index (χ1) is 9.12. The average molecular weight is 282 g/mol. The Bertz CT molecular complexity index is 404. The number of likely N-dealkylation sites (tertiary alicyclic amines) is 1. The minimum Gasteiger partial charge on any atom is -0.359 e. The van der Waals surface area contributed by atoms with Crippen LogP contribution >= 0.6 is 11.8 Å². The second-order valence-corrected chi connectivity index (χ2v) is 5.81. The molecule has 6 nitrogen and oxygen atoms in total. The van der Waals surface area contributed by atoms with Gasteiger partial charge >= 0.3 is 0 Å². The third kappa shape index (κ3) is 3.71. The predicted octanol–water partition coefficient (Wildman–Crippen LogP) is 0.872. The molecule has 1 atom stereocenters. The fourth-order valence-corrected chi connectivity index (χ4v) is 2.80. The number of aromatic nitrogens is 2. The van der Waals surface area contributed by atoms with E-state index < -0.39 is 0 Å². The summed E-state index contributed by atoms with van der Waals surface area (Å²) in [6, 6.07) is 1.89. The van der Waals surface area contributed by atoms with E-state index in [1.807, 2.05) is 12.3 Å². The molecule has 1 aromatic rings. The Labute approximate surface area is 118 Å². The summed E-state index contributed by atoms with van der Waals surface area (Å²) in [7, 11) is 4.25. The van der Waals surface area contributed by atoms with E-state index in [9.17, 15) is 0 Å². The van der Waals surface area contributed by atoms with Gasteiger partial charge in [-0.1, -0.05) is 11.8 Å². The maximum absolute atomic E-state index is 5.45. The number of hydrazine groups is 1. The molecule has 106 valence electrons. The van der Waals surface area contributed by atoms with E-state index in [2.05, 4.69) is 39.3 Å². The van der Waals surface area contributed by atoms with Crippen LogP contribution in [-0.2, 0) is 0 Å². The molecular weight excluding hydrogens is 260 g/mol. The van der Waals surface area contributed by atoms with E-state index in [1.54, 1.807) is 0 Å². The normalized spacial score (nSPS) is 19.7. The number of hydrogen-bond acceptors (Lipinski definition) is 7. The van der Waals surface area contributed by atoms with Crippen molar-refractivity contribution in [3.05, 3.63) is 6.07 Å². The number of nitrogens with two attached hydrogens (primary N) is 1. The van der Waals surface area contributed by atoms with Gasteiger partial charge in [-0.25, -0.2) is 15.8 Å². The van der Waals surface area contributed by atoms with Gasteiger partial charge in [-0.2, -0.15) is 0 Å². The molecule has 1 aliphatic heterocycles. The van der Waals surface area contributed by atoms with Crippen molar-refractivity contribution in [1.29, 1.82) is 0 Å². The molecule has 0 saturated carbocycles. The molecule has 0 radical (unpaired) electrons. The van der Waals surface area contributed by atoms with E-state index in [1.165, 1.54) is 24.7 Å². The molecule has 7 heteroatoms. The van der Waals surface area contributed by atoms with Gasteiger partial charge in [0, 0.05) is 26.2 Å². The average Bonchev–Trinajstić information content (AvgIpc) is 2.83. The summed E-state index contributed by atoms with van der Waals surface area (Å²) >= 11 is 1.52. The van der Waals surface area contributed by atoms with Gasteiger partial charge in [-0.15, -0.1) is 0 Å². The Morgan fingerprint density at radius 1 is 1.58 bits per heavy atom. The van der Waals surface area contributed by atoms with E-state index in [-0.39, 0.29) is 0 Å². The first-order valence-corrected chi connectivity index (χ1v) is 7.64. The summed E-state index contributed by atoms with van der Waals surface area (Å²) in [5.41, 5.74) is 2.60. The highest BCUT2D eigenvalue weighted by atomic mass is 32.2. The second-order valence-electron chi connectivity index (χ2n) is 5.04. The van der Waals surface area contributed by atoms with Crippen molar-refractivity contribution in [2.45, 2.75) is 11.6 Å². The van der Waals surface area contributed by atoms with Crippen LogP contribution in [-0.4, -0.2) is 54.9 Å². The minimum atomic E-state index is 0.657. The van der Waals surface area contributed by atoms with Crippen LogP contribution < -0.4 is 16.2 Å². The molecule has 3 N–H and O–H groups in total. The second kappa shape index (κ2) is 6.40. The van der Waals surface area contributed by atoms with Crippen molar-refractivity contribution in [1.82, 2.24) is 14.9 Å². The van der Waals surface area contributed by atoms with Crippen molar-refractivity contribution >= 4 is 23.4 Å². The molecule has 0 aliphatic carbocycles. The summed E-state index contributed by atoms with van der Waals surface area (Å²) in [4.78, 5) is 13.4. The zero-order chi connectivity index (χ0) is 13.8. The van der Waals surface area contributed by atoms with Gasteiger partial charge in [0.25, 0.3) is 0 Å². The fourth-order valence-electron chi connectivity index (χ4n) is 2.43. The number of nitrogen functional groups attached to an aromatic ring is 1. The van der Waals surface area contributed by atoms with Crippen LogP contribution in [0.4, 0.5) is 11.6 Å². The van der Waals surface area contributed by atoms with E-state index in [0.29, 0.717) is 11.7 Å². The summed E-state index contributed by atoms with van der Waals surface area (Å²) in [5.74, 6) is 7.73. The van der Waals surface area contributed by atoms with Crippen LogP contribution in [0.15, 0.2) is 11.2 Å². The molecule has 0 amide bonds. The lowest BCUT2D eigenvalue weighted by Gasteiger charge is -2.22. The minimum absolute atomic E-state index is 0.657. The van der Waals surface area contributed by atoms with Crippen LogP contribution in [0.3, 0.4) is 0 Å². The molecule has 1 aromatic heterocycles. The molecule has 1 unspecified atom stereocenters. The third-order valence-electron chi connectivity index (χ3n) is 3.43. The van der Waals surface area contributed by atoms with Crippen LogP contribution in [0.5, 0.6) is 0 Å². The molecule has 1 saturated heterocycles. The smallest absolute Gasteiger partial charge is 0.191 e. The predicted molar refractivity (Wildman–Crippen MR) is 80.5 cm³/mol. The van der Waals surface area contributed by atoms with Crippen molar-refractivity contribution in [2.24, 2.45) is 11.8 Å². The van der Waals surface area contributed by atoms with Crippen molar-refractivity contribution in [3.63, 3.8) is 0 Å². The van der Waals surface area contributed by atoms with Gasteiger partial charge < -0.3 is 15.2 Å². The molecular formula is C12H22N6S. The Hall–Kier alpha value is -1.05. The third-order valence-corrected chi connectivity index (χ3v) is 3.98. The van der Waals surface area contributed by atoms with Gasteiger partial charge in [0.1, 0.15) is 11.6 Å². The fraction of sp³-hybridized carbons (Fsp3) is 0.667. The van der Waals surface area contributed by atoms with Gasteiger partial charge in [-0.3, -0.25) is 0 Å². The first-order valence-electron chi connectivity index (χ1n) is 6.41. The number of nitrogens with one attached hydrogen (secondary N) is 1. The number of nitrogens with zero attached hydrogens (tertiary/aromatic N) is 4. The highest BCUT2D eigenvalue weighted by Crippen LogP contribution is 2.22. The van der Waals surface area contributed by atoms with Crippen LogP contribution in [0.2, 0.25) is 0 Å². The number of thioether (sulfide) groups is 1. The Morgan fingerprint density at radius 3 is 2.95 bits per heavy atom. The lowest BCUT2D eigenvalue weighted by Crippen LogP contribution is -2.28. The summed E-state index contributed by atoms with van der Waals surface area (Å²) < 4.78 is 0. The monoisotopic (exact) mass is 282 g/mol. The summed E-state index contributed by atoms with van der Waals surface area (Å²) in [6.07, 6.45) is 3.22. The Balaban J connectivity index is 2.07. The van der Waals surface area contributed by atoms with Gasteiger partial charge in [-0.05, 0) is 32.2 Å². The standard InChI is InChI=1S/C12H22N6S/c1-17-5-4-9(7-17)8-18(2)11-6-10(16-13)14-12(15-11)19-3/h6,9H,4-5,7-8,13H2,1-3H3,(H,14,15,16).